The first-order valence-electron chi connectivity index (χ1n) is 6.08. The molecule has 6 heteroatoms. The first kappa shape index (κ1) is 14.6. The van der Waals surface area contributed by atoms with Gasteiger partial charge in [-0.1, -0.05) is 0 Å². The maximum absolute atomic E-state index is 12.8. The molecule has 1 heterocycles. The summed E-state index contributed by atoms with van der Waals surface area (Å²) in [5.74, 6) is 0.783. The fraction of sp³-hybridized carbons (Fsp3) is 0.286. The smallest absolute Gasteiger partial charge is 0.265 e. The molecule has 1 aromatic heterocycles. The van der Waals surface area contributed by atoms with Crippen molar-refractivity contribution in [2.75, 3.05) is 6.54 Å². The van der Waals surface area contributed by atoms with Crippen molar-refractivity contribution in [1.29, 1.82) is 0 Å². The van der Waals surface area contributed by atoms with Crippen molar-refractivity contribution in [2.24, 2.45) is 0 Å². The molecule has 0 saturated heterocycles. The third-order valence-corrected chi connectivity index (χ3v) is 2.73. The van der Waals surface area contributed by atoms with Crippen LogP contribution in [0.5, 0.6) is 0 Å². The summed E-state index contributed by atoms with van der Waals surface area (Å²) in [6.07, 6.45) is -4.46. The number of aliphatic hydroxyl groups excluding tert-OH is 1. The lowest BCUT2D eigenvalue weighted by molar-refractivity contribution is -0.00358. The molecule has 0 aliphatic carbocycles. The Morgan fingerprint density at radius 3 is 2.45 bits per heavy atom. The molecule has 108 valence electrons. The van der Waals surface area contributed by atoms with E-state index in [-0.39, 0.29) is 18.9 Å². The van der Waals surface area contributed by atoms with Crippen molar-refractivity contribution < 1.29 is 22.7 Å². The summed E-state index contributed by atoms with van der Waals surface area (Å²) in [4.78, 5) is 0. The molecule has 0 bridgehead atoms. The molecular formula is C14H14F3NO2. The minimum Gasteiger partial charge on any atom is -0.460 e. The number of alkyl halides is 2. The summed E-state index contributed by atoms with van der Waals surface area (Å²) in [6, 6.07) is 9.25. The molecule has 0 amide bonds. The van der Waals surface area contributed by atoms with Crippen LogP contribution >= 0.6 is 0 Å². The van der Waals surface area contributed by atoms with Crippen LogP contribution in [0.1, 0.15) is 5.76 Å². The molecule has 2 N–H and O–H groups in total. The summed E-state index contributed by atoms with van der Waals surface area (Å²) >= 11 is 0. The van der Waals surface area contributed by atoms with Gasteiger partial charge in [0.1, 0.15) is 23.4 Å². The monoisotopic (exact) mass is 285 g/mol. The SMILES string of the molecule is OC(CNCc1ccc(-c2ccc(F)cc2)o1)C(F)F. The fourth-order valence-electron chi connectivity index (χ4n) is 1.67. The van der Waals surface area contributed by atoms with Gasteiger partial charge in [-0.3, -0.25) is 0 Å². The maximum atomic E-state index is 12.8. The molecule has 1 unspecified atom stereocenters. The van der Waals surface area contributed by atoms with Crippen LogP contribution in [0.3, 0.4) is 0 Å². The predicted molar refractivity (Wildman–Crippen MR) is 67.8 cm³/mol. The summed E-state index contributed by atoms with van der Waals surface area (Å²) < 4.78 is 42.4. The molecule has 1 aromatic carbocycles. The Kier molecular flexibility index (Phi) is 4.81. The number of aliphatic hydroxyl groups is 1. The highest BCUT2D eigenvalue weighted by Gasteiger charge is 2.16. The van der Waals surface area contributed by atoms with Crippen molar-refractivity contribution in [3.05, 3.63) is 48.0 Å². The van der Waals surface area contributed by atoms with Crippen LogP contribution in [0.4, 0.5) is 13.2 Å². The van der Waals surface area contributed by atoms with Gasteiger partial charge in [-0.25, -0.2) is 13.2 Å². The molecule has 0 radical (unpaired) electrons. The molecule has 0 aliphatic heterocycles. The van der Waals surface area contributed by atoms with Crippen molar-refractivity contribution in [3.8, 4) is 11.3 Å². The van der Waals surface area contributed by atoms with E-state index in [1.165, 1.54) is 12.1 Å². The molecule has 2 aromatic rings. The molecule has 2 rings (SSSR count). The molecule has 1 atom stereocenters. The lowest BCUT2D eigenvalue weighted by atomic mass is 10.2. The molecule has 0 spiro atoms. The third kappa shape index (κ3) is 3.85. The van der Waals surface area contributed by atoms with E-state index < -0.39 is 12.5 Å². The van der Waals surface area contributed by atoms with Crippen LogP contribution in [0.25, 0.3) is 11.3 Å². The normalized spacial score (nSPS) is 12.8. The number of hydrogen-bond acceptors (Lipinski definition) is 3. The first-order valence-corrected chi connectivity index (χ1v) is 6.08. The average molecular weight is 285 g/mol. The van der Waals surface area contributed by atoms with E-state index in [1.54, 1.807) is 24.3 Å². The van der Waals surface area contributed by atoms with Crippen molar-refractivity contribution >= 4 is 0 Å². The van der Waals surface area contributed by atoms with Gasteiger partial charge in [0.2, 0.25) is 0 Å². The summed E-state index contributed by atoms with van der Waals surface area (Å²) in [5.41, 5.74) is 0.727. The van der Waals surface area contributed by atoms with E-state index in [1.807, 2.05) is 0 Å². The molecular weight excluding hydrogens is 271 g/mol. The Morgan fingerprint density at radius 2 is 1.80 bits per heavy atom. The van der Waals surface area contributed by atoms with E-state index in [0.29, 0.717) is 11.5 Å². The van der Waals surface area contributed by atoms with E-state index in [0.717, 1.165) is 5.56 Å². The Bertz CT molecular complexity index is 540. The fourth-order valence-corrected chi connectivity index (χ4v) is 1.67. The summed E-state index contributed by atoms with van der Waals surface area (Å²) in [6.45, 7) is 0.00915. The average Bonchev–Trinajstić information content (AvgIpc) is 2.88. The predicted octanol–water partition coefficient (Wildman–Crippen LogP) is 2.80. The Morgan fingerprint density at radius 1 is 1.10 bits per heavy atom. The van der Waals surface area contributed by atoms with Gasteiger partial charge in [0.05, 0.1) is 6.54 Å². The van der Waals surface area contributed by atoms with Gasteiger partial charge in [0.15, 0.2) is 0 Å². The number of hydrogen-bond donors (Lipinski definition) is 2. The number of furan rings is 1. The number of benzene rings is 1. The van der Waals surface area contributed by atoms with Gasteiger partial charge >= 0.3 is 0 Å². The lowest BCUT2D eigenvalue weighted by Gasteiger charge is -2.09. The van der Waals surface area contributed by atoms with Gasteiger partial charge in [0, 0.05) is 12.1 Å². The standard InChI is InChI=1S/C14H14F3NO2/c15-10-3-1-9(2-4-10)13-6-5-11(20-13)7-18-8-12(19)14(16)17/h1-6,12,14,18-19H,7-8H2. The van der Waals surface area contributed by atoms with Crippen LogP contribution in [0.15, 0.2) is 40.8 Å². The van der Waals surface area contributed by atoms with Crippen molar-refractivity contribution in [2.45, 2.75) is 19.1 Å². The van der Waals surface area contributed by atoms with Gasteiger partial charge in [-0.2, -0.15) is 0 Å². The van der Waals surface area contributed by atoms with Crippen molar-refractivity contribution in [3.63, 3.8) is 0 Å². The highest BCUT2D eigenvalue weighted by Crippen LogP contribution is 2.22. The van der Waals surface area contributed by atoms with E-state index in [4.69, 9.17) is 9.52 Å². The second kappa shape index (κ2) is 6.58. The van der Waals surface area contributed by atoms with Gasteiger partial charge < -0.3 is 14.8 Å². The Hall–Kier alpha value is -1.79. The number of nitrogens with one attached hydrogen (secondary N) is 1. The van der Waals surface area contributed by atoms with Crippen molar-refractivity contribution in [1.82, 2.24) is 5.32 Å². The highest BCUT2D eigenvalue weighted by molar-refractivity contribution is 5.57. The third-order valence-electron chi connectivity index (χ3n) is 2.73. The molecule has 0 saturated carbocycles. The lowest BCUT2D eigenvalue weighted by Crippen LogP contribution is -2.31. The van der Waals surface area contributed by atoms with Crippen LogP contribution in [-0.2, 0) is 6.54 Å². The largest absolute Gasteiger partial charge is 0.460 e. The number of rotatable bonds is 6. The van der Waals surface area contributed by atoms with Crippen LogP contribution < -0.4 is 5.32 Å². The molecule has 20 heavy (non-hydrogen) atoms. The second-order valence-corrected chi connectivity index (χ2v) is 4.31. The highest BCUT2D eigenvalue weighted by atomic mass is 19.3. The second-order valence-electron chi connectivity index (χ2n) is 4.31. The zero-order valence-corrected chi connectivity index (χ0v) is 10.5. The van der Waals surface area contributed by atoms with Gasteiger partial charge in [0.25, 0.3) is 6.43 Å². The number of halogens is 3. The zero-order valence-electron chi connectivity index (χ0n) is 10.5. The van der Waals surface area contributed by atoms with Crippen LogP contribution in [0, 0.1) is 5.82 Å². The minimum atomic E-state index is -2.77. The Labute approximate surface area is 114 Å². The van der Waals surface area contributed by atoms with Gasteiger partial charge in [-0.15, -0.1) is 0 Å². The van der Waals surface area contributed by atoms with Gasteiger partial charge in [-0.05, 0) is 36.4 Å². The Balaban J connectivity index is 1.91. The topological polar surface area (TPSA) is 45.4 Å². The summed E-state index contributed by atoms with van der Waals surface area (Å²) in [7, 11) is 0. The molecule has 0 fully saturated rings. The van der Waals surface area contributed by atoms with E-state index in [2.05, 4.69) is 5.32 Å². The van der Waals surface area contributed by atoms with Crippen LogP contribution in [0.2, 0.25) is 0 Å². The summed E-state index contributed by atoms with van der Waals surface area (Å²) in [5, 5.41) is 11.6. The van der Waals surface area contributed by atoms with Crippen LogP contribution in [-0.4, -0.2) is 24.2 Å². The first-order chi connectivity index (χ1) is 9.56. The van der Waals surface area contributed by atoms with E-state index >= 15 is 0 Å². The minimum absolute atomic E-state index is 0.218. The van der Waals surface area contributed by atoms with E-state index in [9.17, 15) is 13.2 Å². The molecule has 3 nitrogen and oxygen atoms in total. The molecule has 0 aliphatic rings. The quantitative estimate of drug-likeness (QED) is 0.858. The maximum Gasteiger partial charge on any atom is 0.265 e. The zero-order chi connectivity index (χ0) is 14.5.